The molecule has 16 heteroatoms. The van der Waals surface area contributed by atoms with E-state index < -0.39 is 80.3 Å². The van der Waals surface area contributed by atoms with Crippen LogP contribution in [-0.2, 0) is 28.9 Å². The lowest BCUT2D eigenvalue weighted by atomic mass is 9.85. The van der Waals surface area contributed by atoms with Crippen LogP contribution in [-0.4, -0.2) is 90.6 Å². The Morgan fingerprint density at radius 2 is 1.79 bits per heavy atom. The zero-order chi connectivity index (χ0) is 38.4. The van der Waals surface area contributed by atoms with Crippen molar-refractivity contribution in [2.24, 2.45) is 11.3 Å². The first-order valence-electron chi connectivity index (χ1n) is 17.3. The van der Waals surface area contributed by atoms with Crippen molar-refractivity contribution in [1.82, 2.24) is 30.6 Å². The van der Waals surface area contributed by atoms with E-state index in [9.17, 15) is 27.6 Å². The highest BCUT2D eigenvalue weighted by Crippen LogP contribution is 2.46. The average molecular weight is 743 g/mol. The summed E-state index contributed by atoms with van der Waals surface area (Å²) in [5.41, 5.74) is -3.90. The number of amides is 5. The van der Waals surface area contributed by atoms with Gasteiger partial charge in [-0.05, 0) is 82.0 Å². The number of aromatic nitrogens is 1. The molecule has 15 nitrogen and oxygen atoms in total. The van der Waals surface area contributed by atoms with Gasteiger partial charge in [0.25, 0.3) is 5.91 Å². The molecule has 0 spiro atoms. The summed E-state index contributed by atoms with van der Waals surface area (Å²) in [5.74, 6) is -1.86. The Balaban J connectivity index is 1.43. The number of carbonyl (C=O) groups is 4. The molecule has 2 aliphatic carbocycles. The Bertz CT molecular complexity index is 1870. The van der Waals surface area contributed by atoms with Crippen LogP contribution < -0.4 is 30.1 Å². The molecule has 1 aromatic heterocycles. The van der Waals surface area contributed by atoms with E-state index in [4.69, 9.17) is 13.7 Å². The first kappa shape index (κ1) is 38.8. The molecule has 2 saturated carbocycles. The topological polar surface area (TPSA) is 194 Å². The van der Waals surface area contributed by atoms with E-state index in [0.717, 1.165) is 5.39 Å². The molecule has 5 rings (SSSR count). The zero-order valence-electron chi connectivity index (χ0n) is 31.0. The maximum Gasteiger partial charge on any atom is 0.362 e. The number of benzene rings is 1. The monoisotopic (exact) mass is 742 g/mol. The number of nitrogens with zero attached hydrogens (tertiary/aromatic N) is 2. The van der Waals surface area contributed by atoms with Crippen LogP contribution in [0.4, 0.5) is 4.79 Å². The Morgan fingerprint density at radius 1 is 1.10 bits per heavy atom. The van der Waals surface area contributed by atoms with Gasteiger partial charge in [-0.25, -0.2) is 18.7 Å². The summed E-state index contributed by atoms with van der Waals surface area (Å²) in [7, 11) is -2.91. The van der Waals surface area contributed by atoms with Crippen LogP contribution in [0.2, 0.25) is 0 Å². The fraction of sp³-hybridized carbons (Fsp3) is 0.583. The van der Waals surface area contributed by atoms with Crippen molar-refractivity contribution in [1.29, 1.82) is 0 Å². The molecule has 5 atom stereocenters. The van der Waals surface area contributed by atoms with Crippen molar-refractivity contribution >= 4 is 44.8 Å². The van der Waals surface area contributed by atoms with Crippen molar-refractivity contribution in [3.8, 4) is 11.6 Å². The van der Waals surface area contributed by atoms with E-state index in [-0.39, 0.29) is 25.3 Å². The lowest BCUT2D eigenvalue weighted by Crippen LogP contribution is -2.61. The van der Waals surface area contributed by atoms with Gasteiger partial charge in [0.2, 0.25) is 17.7 Å². The summed E-state index contributed by atoms with van der Waals surface area (Å²) in [6.45, 7) is 16.1. The van der Waals surface area contributed by atoms with Crippen LogP contribution in [0.5, 0.6) is 11.6 Å². The molecule has 4 N–H and O–H groups in total. The highest BCUT2D eigenvalue weighted by molar-refractivity contribution is 7.85. The first-order chi connectivity index (χ1) is 24.1. The maximum atomic E-state index is 14.5. The van der Waals surface area contributed by atoms with E-state index in [1.807, 2.05) is 31.6 Å². The van der Waals surface area contributed by atoms with Gasteiger partial charge in [0.1, 0.15) is 29.5 Å². The summed E-state index contributed by atoms with van der Waals surface area (Å²) in [4.78, 5) is 61.1. The van der Waals surface area contributed by atoms with Gasteiger partial charge in [-0.15, -0.1) is 6.58 Å². The van der Waals surface area contributed by atoms with Gasteiger partial charge in [-0.3, -0.25) is 14.4 Å². The minimum Gasteiger partial charge on any atom is -0.497 e. The van der Waals surface area contributed by atoms with Crippen LogP contribution in [0, 0.1) is 11.3 Å². The van der Waals surface area contributed by atoms with Crippen molar-refractivity contribution in [3.05, 3.63) is 43.1 Å². The highest BCUT2D eigenvalue weighted by Gasteiger charge is 2.62. The van der Waals surface area contributed by atoms with Gasteiger partial charge < -0.3 is 30.3 Å². The van der Waals surface area contributed by atoms with Gasteiger partial charge in [-0.1, -0.05) is 26.8 Å². The minimum absolute atomic E-state index is 0.00701. The molecule has 52 heavy (non-hydrogen) atoms. The molecule has 1 aliphatic heterocycles. The van der Waals surface area contributed by atoms with Gasteiger partial charge in [0.15, 0.2) is 0 Å². The predicted octanol–water partition coefficient (Wildman–Crippen LogP) is 3.10. The van der Waals surface area contributed by atoms with Crippen molar-refractivity contribution in [2.45, 2.75) is 109 Å². The van der Waals surface area contributed by atoms with Crippen LogP contribution in [0.3, 0.4) is 0 Å². The number of likely N-dealkylation sites (tertiary alicyclic amines) is 1. The van der Waals surface area contributed by atoms with Gasteiger partial charge in [0, 0.05) is 29.5 Å². The summed E-state index contributed by atoms with van der Waals surface area (Å²) in [6.07, 6.45) is 3.47. The summed E-state index contributed by atoms with van der Waals surface area (Å²) >= 11 is 0. The standard InChI is InChI=1S/C36H50N6O9S/c1-10-22-19-36(22,31(45)41-52(47,48)51-35(8)14-15-35)39-28(43)26-18-24(50-29-25-12-11-23(49-9)17-21(25)13-16-37-29)20-42(26)30(44)27(33(2,3)4)38-32(46)40-34(5,6)7/h10-13,16-17,22,24,26-27H,1,14-15,18-20H2,2-9H3,(H,39,43)(H,41,45)(H2,38,40,46)/t22?,24-,26?,27-,36?/m1/s1. The van der Waals surface area contributed by atoms with E-state index in [1.54, 1.807) is 59.2 Å². The van der Waals surface area contributed by atoms with Gasteiger partial charge >= 0.3 is 16.3 Å². The second-order valence-electron chi connectivity index (χ2n) is 16.3. The number of fused-ring (bicyclic) bond motifs is 1. The molecule has 3 aliphatic rings. The number of methoxy groups -OCH3 is 1. The number of nitrogens with one attached hydrogen (secondary N) is 4. The summed E-state index contributed by atoms with van der Waals surface area (Å²) in [5, 5.41) is 9.85. The Morgan fingerprint density at radius 3 is 2.37 bits per heavy atom. The lowest BCUT2D eigenvalue weighted by molar-refractivity contribution is -0.142. The summed E-state index contributed by atoms with van der Waals surface area (Å²) in [6, 6.07) is 4.41. The fourth-order valence-corrected chi connectivity index (χ4v) is 7.44. The van der Waals surface area contributed by atoms with Crippen LogP contribution in [0.25, 0.3) is 10.8 Å². The predicted molar refractivity (Wildman–Crippen MR) is 192 cm³/mol. The number of ether oxygens (including phenoxy) is 2. The summed E-state index contributed by atoms with van der Waals surface area (Å²) < 4.78 is 44.3. The highest BCUT2D eigenvalue weighted by atomic mass is 32.2. The molecule has 3 unspecified atom stereocenters. The molecular weight excluding hydrogens is 692 g/mol. The molecule has 2 heterocycles. The van der Waals surface area contributed by atoms with E-state index in [0.29, 0.717) is 24.0 Å². The smallest absolute Gasteiger partial charge is 0.362 e. The molecule has 0 radical (unpaired) electrons. The number of pyridine rings is 1. The largest absolute Gasteiger partial charge is 0.497 e. The van der Waals surface area contributed by atoms with Crippen LogP contribution >= 0.6 is 0 Å². The van der Waals surface area contributed by atoms with E-state index >= 15 is 0 Å². The van der Waals surface area contributed by atoms with Crippen LogP contribution in [0.1, 0.15) is 74.1 Å². The normalized spacial score (nSPS) is 24.3. The average Bonchev–Trinajstić information content (AvgIpc) is 3.90. The zero-order valence-corrected chi connectivity index (χ0v) is 31.8. The second-order valence-corrected chi connectivity index (χ2v) is 17.5. The van der Waals surface area contributed by atoms with E-state index in [2.05, 4.69) is 27.5 Å². The lowest BCUT2D eigenvalue weighted by Gasteiger charge is -2.36. The molecule has 5 amide bonds. The number of carbonyl (C=O) groups excluding carboxylic acids is 4. The maximum absolute atomic E-state index is 14.5. The Kier molecular flexibility index (Phi) is 10.3. The quantitative estimate of drug-likeness (QED) is 0.235. The first-order valence-corrected chi connectivity index (χ1v) is 18.7. The minimum atomic E-state index is -4.48. The van der Waals surface area contributed by atoms with Crippen molar-refractivity contribution in [2.75, 3.05) is 13.7 Å². The molecule has 3 fully saturated rings. The Labute approximate surface area is 304 Å². The van der Waals surface area contributed by atoms with E-state index in [1.165, 1.54) is 11.0 Å². The SMILES string of the molecule is C=CC1CC1(NC(=O)C1C[C@@H](Oc2nccc3cc(OC)ccc23)CN1C(=O)[C@@H](NC(=O)NC(C)(C)C)C(C)(C)C)C(=O)NS(=O)(=O)OC1(C)CC1. The fourth-order valence-electron chi connectivity index (χ4n) is 6.29. The molecule has 284 valence electrons. The number of hydrogen-bond donors (Lipinski definition) is 4. The molecule has 1 aromatic carbocycles. The number of hydrogen-bond acceptors (Lipinski definition) is 10. The van der Waals surface area contributed by atoms with Crippen molar-refractivity contribution < 1.29 is 41.3 Å². The number of urea groups is 1. The molecule has 1 saturated heterocycles. The van der Waals surface area contributed by atoms with Gasteiger partial charge in [0.05, 0.1) is 19.3 Å². The molecule has 2 aromatic rings. The third-order valence-corrected chi connectivity index (χ3v) is 10.5. The van der Waals surface area contributed by atoms with Crippen LogP contribution in [0.15, 0.2) is 43.1 Å². The Hall–Kier alpha value is -4.44. The number of rotatable bonds is 12. The third-order valence-electron chi connectivity index (χ3n) is 9.47. The van der Waals surface area contributed by atoms with Gasteiger partial charge in [-0.2, -0.15) is 8.42 Å². The second kappa shape index (κ2) is 13.8. The van der Waals surface area contributed by atoms with Crippen molar-refractivity contribution in [3.63, 3.8) is 0 Å². The molecule has 0 bridgehead atoms. The molecular formula is C36H50N6O9S. The third kappa shape index (κ3) is 8.77.